The van der Waals surface area contributed by atoms with Gasteiger partial charge >= 0.3 is 6.18 Å². The quantitative estimate of drug-likeness (QED) is 0.375. The molecule has 14 heteroatoms. The largest absolute Gasteiger partial charge is 0.449 e. The van der Waals surface area contributed by atoms with Crippen molar-refractivity contribution in [1.29, 1.82) is 0 Å². The third kappa shape index (κ3) is 3.71. The summed E-state index contributed by atoms with van der Waals surface area (Å²) in [4.78, 5) is 25.5. The van der Waals surface area contributed by atoms with E-state index in [2.05, 4.69) is 37.4 Å². The third-order valence-corrected chi connectivity index (χ3v) is 7.78. The van der Waals surface area contributed by atoms with Gasteiger partial charge in [-0.05, 0) is 37.3 Å². The minimum absolute atomic E-state index is 0.0432. The monoisotopic (exact) mass is 540 g/mol. The van der Waals surface area contributed by atoms with Crippen molar-refractivity contribution in [3.63, 3.8) is 0 Å². The van der Waals surface area contributed by atoms with Crippen LogP contribution in [0, 0.1) is 23.2 Å². The number of amides is 1. The number of carbonyl (C=O) groups excluding carboxylic acids is 1. The van der Waals surface area contributed by atoms with Crippen LogP contribution < -0.4 is 10.6 Å². The number of aromatic nitrogens is 4. The zero-order valence-corrected chi connectivity index (χ0v) is 20.5. The zero-order chi connectivity index (χ0) is 26.0. The fourth-order valence-electron chi connectivity index (χ4n) is 5.06. The topological polar surface area (TPSA) is 125 Å². The van der Waals surface area contributed by atoms with Gasteiger partial charge < -0.3 is 20.8 Å². The van der Waals surface area contributed by atoms with Crippen LogP contribution in [0.5, 0.6) is 0 Å². The molecular formula is C22H20ClF3N6O3S. The van der Waals surface area contributed by atoms with Crippen LogP contribution in [0.1, 0.15) is 35.9 Å². The van der Waals surface area contributed by atoms with Crippen molar-refractivity contribution in [2.45, 2.75) is 37.8 Å². The molecule has 0 radical (unpaired) electrons. The SMILES string of the molecule is CCNc1nc(C#Cc2ccc(Cl)s2)nc2c1nc(C(F)(F)F)n2[C@@H]1C2CC2(C(=O)NC)[C@@H](O)[C@H]1O. The first kappa shape index (κ1) is 24.8. The fraction of sp³-hybridized carbons (Fsp3) is 0.455. The second-order valence-corrected chi connectivity index (χ2v) is 10.3. The summed E-state index contributed by atoms with van der Waals surface area (Å²) in [5, 5.41) is 26.9. The summed E-state index contributed by atoms with van der Waals surface area (Å²) in [5.74, 6) is 2.97. The molecule has 3 aromatic rings. The Morgan fingerprint density at radius 2 is 2.06 bits per heavy atom. The normalized spacial score (nSPS) is 26.9. The molecule has 3 heterocycles. The Hall–Kier alpha value is -2.92. The lowest BCUT2D eigenvalue weighted by atomic mass is 9.98. The van der Waals surface area contributed by atoms with Gasteiger partial charge in [0, 0.05) is 19.5 Å². The predicted octanol–water partition coefficient (Wildman–Crippen LogP) is 2.42. The van der Waals surface area contributed by atoms with E-state index in [0.717, 1.165) is 4.57 Å². The van der Waals surface area contributed by atoms with Crippen LogP contribution in [0.15, 0.2) is 12.1 Å². The number of fused-ring (bicyclic) bond motifs is 2. The van der Waals surface area contributed by atoms with Crippen molar-refractivity contribution in [2.75, 3.05) is 18.9 Å². The summed E-state index contributed by atoms with van der Waals surface area (Å²) in [6.45, 7) is 2.08. The van der Waals surface area contributed by atoms with Crippen molar-refractivity contribution in [3.8, 4) is 11.8 Å². The van der Waals surface area contributed by atoms with Crippen LogP contribution in [0.25, 0.3) is 11.2 Å². The molecule has 2 fully saturated rings. The lowest BCUT2D eigenvalue weighted by Gasteiger charge is -2.25. The summed E-state index contributed by atoms with van der Waals surface area (Å²) >= 11 is 7.15. The third-order valence-electron chi connectivity index (χ3n) is 6.63. The highest BCUT2D eigenvalue weighted by atomic mass is 35.5. The van der Waals surface area contributed by atoms with E-state index < -0.39 is 47.5 Å². The standard InChI is InChI=1S/C22H20ClF3N6O3S/c1-3-28-17-13-18(30-12(29-17)7-5-9-4-6-11(23)36-9)32(19(31-13)22(24,25)26)14-10-8-21(10,20(35)27-2)16(34)15(14)33/h4,6,10,14-16,33-34H,3,8H2,1-2H3,(H,27,35)(H,28,29,30)/t10?,14-,15+,16+,21?/m1/s1. The van der Waals surface area contributed by atoms with E-state index in [1.807, 2.05) is 0 Å². The Labute approximate surface area is 211 Å². The predicted molar refractivity (Wildman–Crippen MR) is 125 cm³/mol. The Bertz CT molecular complexity index is 1430. The number of hydrogen-bond donors (Lipinski definition) is 4. The molecule has 36 heavy (non-hydrogen) atoms. The number of imidazole rings is 1. The summed E-state index contributed by atoms with van der Waals surface area (Å²) < 4.78 is 43.9. The minimum atomic E-state index is -4.92. The molecule has 2 aliphatic carbocycles. The number of aliphatic hydroxyl groups is 2. The molecular weight excluding hydrogens is 521 g/mol. The van der Waals surface area contributed by atoms with E-state index in [9.17, 15) is 28.2 Å². The molecule has 2 aliphatic rings. The molecule has 0 aliphatic heterocycles. The van der Waals surface area contributed by atoms with Crippen LogP contribution in [-0.4, -0.2) is 61.4 Å². The molecule has 0 saturated heterocycles. The van der Waals surface area contributed by atoms with Crippen molar-refractivity contribution in [1.82, 2.24) is 24.8 Å². The second-order valence-electron chi connectivity index (χ2n) is 8.61. The summed E-state index contributed by atoms with van der Waals surface area (Å²) in [6.07, 6.45) is -8.01. The average Bonchev–Trinajstić information content (AvgIpc) is 3.10. The van der Waals surface area contributed by atoms with Gasteiger partial charge in [-0.1, -0.05) is 11.6 Å². The zero-order valence-electron chi connectivity index (χ0n) is 18.9. The van der Waals surface area contributed by atoms with Crippen molar-refractivity contribution in [2.24, 2.45) is 11.3 Å². The number of carbonyl (C=O) groups is 1. The van der Waals surface area contributed by atoms with Gasteiger partial charge in [0.2, 0.25) is 17.6 Å². The van der Waals surface area contributed by atoms with Crippen molar-refractivity contribution < 1.29 is 28.2 Å². The van der Waals surface area contributed by atoms with Crippen molar-refractivity contribution in [3.05, 3.63) is 33.0 Å². The van der Waals surface area contributed by atoms with Crippen LogP contribution in [0.4, 0.5) is 19.0 Å². The van der Waals surface area contributed by atoms with Crippen LogP contribution in [0.3, 0.4) is 0 Å². The smallest absolute Gasteiger partial charge is 0.389 e. The second kappa shape index (κ2) is 8.58. The first-order chi connectivity index (χ1) is 17.0. The first-order valence-electron chi connectivity index (χ1n) is 11.0. The van der Waals surface area contributed by atoms with Gasteiger partial charge in [-0.3, -0.25) is 9.36 Å². The molecule has 5 rings (SSSR count). The van der Waals surface area contributed by atoms with E-state index in [0.29, 0.717) is 15.8 Å². The number of alkyl halides is 3. The summed E-state index contributed by atoms with van der Waals surface area (Å²) in [5.41, 5.74) is -1.75. The van der Waals surface area contributed by atoms with Gasteiger partial charge in [0.25, 0.3) is 0 Å². The number of thiophene rings is 1. The molecule has 5 atom stereocenters. The highest BCUT2D eigenvalue weighted by Crippen LogP contribution is 2.68. The number of anilines is 1. The molecule has 9 nitrogen and oxygen atoms in total. The molecule has 2 saturated carbocycles. The average molecular weight is 541 g/mol. The number of nitrogens with one attached hydrogen (secondary N) is 2. The molecule has 0 bridgehead atoms. The maximum atomic E-state index is 14.2. The molecule has 190 valence electrons. The number of nitrogens with zero attached hydrogens (tertiary/aromatic N) is 4. The lowest BCUT2D eigenvalue weighted by Crippen LogP contribution is -2.41. The van der Waals surface area contributed by atoms with Gasteiger partial charge in [-0.2, -0.15) is 13.2 Å². The lowest BCUT2D eigenvalue weighted by molar-refractivity contribution is -0.149. The van der Waals surface area contributed by atoms with Crippen LogP contribution in [-0.2, 0) is 11.0 Å². The van der Waals surface area contributed by atoms with Crippen LogP contribution in [0.2, 0.25) is 4.34 Å². The van der Waals surface area contributed by atoms with Gasteiger partial charge in [0.05, 0.1) is 26.8 Å². The Kier molecular flexibility index (Phi) is 5.90. The molecule has 1 amide bonds. The molecule has 4 N–H and O–H groups in total. The highest BCUT2D eigenvalue weighted by molar-refractivity contribution is 7.16. The highest BCUT2D eigenvalue weighted by Gasteiger charge is 2.75. The summed E-state index contributed by atoms with van der Waals surface area (Å²) in [6, 6.07) is 2.06. The molecule has 2 unspecified atom stereocenters. The maximum absolute atomic E-state index is 14.2. The van der Waals surface area contributed by atoms with E-state index in [4.69, 9.17) is 11.6 Å². The maximum Gasteiger partial charge on any atom is 0.449 e. The van der Waals surface area contributed by atoms with Crippen LogP contribution >= 0.6 is 22.9 Å². The van der Waals surface area contributed by atoms with Gasteiger partial charge in [0.15, 0.2) is 17.0 Å². The Morgan fingerprint density at radius 1 is 1.31 bits per heavy atom. The van der Waals surface area contributed by atoms with E-state index in [1.54, 1.807) is 19.1 Å². The van der Waals surface area contributed by atoms with Crippen molar-refractivity contribution >= 4 is 45.8 Å². The first-order valence-corrected chi connectivity index (χ1v) is 12.2. The van der Waals surface area contributed by atoms with E-state index in [1.165, 1.54) is 18.4 Å². The fourth-order valence-corrected chi connectivity index (χ4v) is 5.96. The summed E-state index contributed by atoms with van der Waals surface area (Å²) in [7, 11) is 1.37. The van der Waals surface area contributed by atoms with E-state index >= 15 is 0 Å². The molecule has 3 aromatic heterocycles. The molecule has 0 aromatic carbocycles. The molecule has 0 spiro atoms. The van der Waals surface area contributed by atoms with Gasteiger partial charge in [0.1, 0.15) is 6.10 Å². The Balaban J connectivity index is 1.72. The number of hydrogen-bond acceptors (Lipinski definition) is 8. The Morgan fingerprint density at radius 3 is 2.67 bits per heavy atom. The minimum Gasteiger partial charge on any atom is -0.389 e. The number of rotatable bonds is 4. The van der Waals surface area contributed by atoms with Gasteiger partial charge in [-0.25, -0.2) is 15.0 Å². The number of aliphatic hydroxyl groups excluding tert-OH is 2. The van der Waals surface area contributed by atoms with E-state index in [-0.39, 0.29) is 29.2 Å². The van der Waals surface area contributed by atoms with Gasteiger partial charge in [-0.15, -0.1) is 11.3 Å². The number of halogens is 4.